The molecule has 2 aromatic rings. The first-order chi connectivity index (χ1) is 14.9. The van der Waals surface area contributed by atoms with Crippen LogP contribution in [0.3, 0.4) is 0 Å². The molecule has 0 aliphatic heterocycles. The average molecular weight is 459 g/mol. The molecule has 1 atom stereocenters. The molecule has 0 radical (unpaired) electrons. The maximum Gasteiger partial charge on any atom is 0.242 e. The highest BCUT2D eigenvalue weighted by Gasteiger charge is 2.28. The topological polar surface area (TPSA) is 49.4 Å². The number of rotatable bonds is 9. The largest absolute Gasteiger partial charge is 0.352 e. The van der Waals surface area contributed by atoms with Crippen molar-refractivity contribution >= 4 is 35.2 Å². The molecule has 6 heteroatoms. The number of hydrogen-bond donors (Lipinski definition) is 1. The quantitative estimate of drug-likeness (QED) is 0.497. The van der Waals surface area contributed by atoms with E-state index in [-0.39, 0.29) is 17.9 Å². The van der Waals surface area contributed by atoms with E-state index in [9.17, 15) is 9.59 Å². The molecule has 0 spiro atoms. The Morgan fingerprint density at radius 3 is 2.39 bits per heavy atom. The number of hydrogen-bond acceptors (Lipinski definition) is 3. The summed E-state index contributed by atoms with van der Waals surface area (Å²) in [6, 6.07) is 15.5. The zero-order valence-electron chi connectivity index (χ0n) is 18.3. The fourth-order valence-corrected chi connectivity index (χ4v) is 4.76. The Morgan fingerprint density at radius 2 is 1.74 bits per heavy atom. The first kappa shape index (κ1) is 23.7. The van der Waals surface area contributed by atoms with Gasteiger partial charge in [0.2, 0.25) is 11.8 Å². The van der Waals surface area contributed by atoms with E-state index in [2.05, 4.69) is 5.32 Å². The van der Waals surface area contributed by atoms with Gasteiger partial charge in [-0.1, -0.05) is 54.3 Å². The van der Waals surface area contributed by atoms with Gasteiger partial charge >= 0.3 is 0 Å². The molecule has 1 saturated carbocycles. The molecule has 1 aliphatic rings. The second-order valence-electron chi connectivity index (χ2n) is 8.23. The van der Waals surface area contributed by atoms with E-state index >= 15 is 0 Å². The van der Waals surface area contributed by atoms with Gasteiger partial charge in [-0.2, -0.15) is 0 Å². The van der Waals surface area contributed by atoms with Crippen LogP contribution in [0.1, 0.15) is 50.2 Å². The lowest BCUT2D eigenvalue weighted by atomic mass is 10.1. The van der Waals surface area contributed by atoms with Crippen LogP contribution in [0.2, 0.25) is 5.02 Å². The summed E-state index contributed by atoms with van der Waals surface area (Å²) < 4.78 is 0. The number of carbonyl (C=O) groups is 2. The zero-order chi connectivity index (χ0) is 22.2. The van der Waals surface area contributed by atoms with E-state index in [0.717, 1.165) is 36.1 Å². The lowest BCUT2D eigenvalue weighted by Gasteiger charge is -2.30. The third-order valence-electron chi connectivity index (χ3n) is 5.74. The molecule has 31 heavy (non-hydrogen) atoms. The fourth-order valence-electron chi connectivity index (χ4n) is 3.80. The monoisotopic (exact) mass is 458 g/mol. The molecule has 1 N–H and O–H groups in total. The SMILES string of the molecule is Cc1ccc(CN(C(=O)CCSc2ccc(Cl)cc2)C(C)C(=O)NC2CCCC2)cc1. The molecule has 4 nitrogen and oxygen atoms in total. The van der Waals surface area contributed by atoms with Crippen molar-refractivity contribution < 1.29 is 9.59 Å². The van der Waals surface area contributed by atoms with Gasteiger partial charge in [0.25, 0.3) is 0 Å². The van der Waals surface area contributed by atoms with Crippen molar-refractivity contribution in [1.29, 1.82) is 0 Å². The summed E-state index contributed by atoms with van der Waals surface area (Å²) in [6.45, 7) is 4.31. The van der Waals surface area contributed by atoms with Crippen LogP contribution in [-0.4, -0.2) is 34.6 Å². The van der Waals surface area contributed by atoms with Crippen LogP contribution >= 0.6 is 23.4 Å². The van der Waals surface area contributed by atoms with Crippen molar-refractivity contribution in [2.75, 3.05) is 5.75 Å². The van der Waals surface area contributed by atoms with E-state index in [4.69, 9.17) is 11.6 Å². The number of thioether (sulfide) groups is 1. The summed E-state index contributed by atoms with van der Waals surface area (Å²) in [5, 5.41) is 3.85. The first-order valence-corrected chi connectivity index (χ1v) is 12.3. The van der Waals surface area contributed by atoms with Crippen molar-refractivity contribution in [3.63, 3.8) is 0 Å². The number of halogens is 1. The van der Waals surface area contributed by atoms with Crippen molar-refractivity contribution in [3.05, 3.63) is 64.7 Å². The molecule has 0 saturated heterocycles. The maximum absolute atomic E-state index is 13.2. The minimum Gasteiger partial charge on any atom is -0.352 e. The number of aryl methyl sites for hydroxylation is 1. The summed E-state index contributed by atoms with van der Waals surface area (Å²) in [6.07, 6.45) is 4.75. The molecular formula is C25H31ClN2O2S. The van der Waals surface area contributed by atoms with Gasteiger partial charge in [0.15, 0.2) is 0 Å². The predicted octanol–water partition coefficient (Wildman–Crippen LogP) is 5.61. The fraction of sp³-hybridized carbons (Fsp3) is 0.440. The van der Waals surface area contributed by atoms with Gasteiger partial charge in [0.1, 0.15) is 6.04 Å². The Bertz CT molecular complexity index is 864. The Morgan fingerprint density at radius 1 is 1.10 bits per heavy atom. The molecule has 0 heterocycles. The van der Waals surface area contributed by atoms with Gasteiger partial charge in [0, 0.05) is 34.7 Å². The summed E-state index contributed by atoms with van der Waals surface area (Å²) in [4.78, 5) is 28.8. The van der Waals surface area contributed by atoms with Crippen LogP contribution in [-0.2, 0) is 16.1 Å². The standard InChI is InChI=1S/C25H31ClN2O2S/c1-18-7-9-20(10-8-18)17-28(19(2)25(30)27-22-5-3-4-6-22)24(29)15-16-31-23-13-11-21(26)12-14-23/h7-14,19,22H,3-6,15-17H2,1-2H3,(H,27,30). The van der Waals surface area contributed by atoms with Gasteiger partial charge in [-0.15, -0.1) is 11.8 Å². The van der Waals surface area contributed by atoms with Crippen molar-refractivity contribution in [3.8, 4) is 0 Å². The highest BCUT2D eigenvalue weighted by Crippen LogP contribution is 2.22. The molecule has 0 aromatic heterocycles. The van der Waals surface area contributed by atoms with Crippen LogP contribution in [0.25, 0.3) is 0 Å². The maximum atomic E-state index is 13.2. The number of benzene rings is 2. The Hall–Kier alpha value is -1.98. The van der Waals surface area contributed by atoms with Crippen molar-refractivity contribution in [1.82, 2.24) is 10.2 Å². The molecule has 1 aliphatic carbocycles. The van der Waals surface area contributed by atoms with E-state index < -0.39 is 6.04 Å². The molecule has 2 amide bonds. The minimum atomic E-state index is -0.505. The van der Waals surface area contributed by atoms with Gasteiger partial charge in [-0.25, -0.2) is 0 Å². The summed E-state index contributed by atoms with van der Waals surface area (Å²) in [5.74, 6) is 0.593. The Kier molecular flexibility index (Phi) is 8.85. The summed E-state index contributed by atoms with van der Waals surface area (Å²) in [5.41, 5.74) is 2.21. The molecule has 1 fully saturated rings. The average Bonchev–Trinajstić information content (AvgIpc) is 3.27. The second kappa shape index (κ2) is 11.6. The van der Waals surface area contributed by atoms with E-state index in [1.807, 2.05) is 62.4 Å². The molecular weight excluding hydrogens is 428 g/mol. The Balaban J connectivity index is 1.64. The number of nitrogens with one attached hydrogen (secondary N) is 1. The molecule has 2 aromatic carbocycles. The third kappa shape index (κ3) is 7.29. The second-order valence-corrected chi connectivity index (χ2v) is 9.83. The van der Waals surface area contributed by atoms with Gasteiger partial charge in [-0.05, 0) is 56.5 Å². The highest BCUT2D eigenvalue weighted by atomic mass is 35.5. The predicted molar refractivity (Wildman–Crippen MR) is 128 cm³/mol. The van der Waals surface area contributed by atoms with E-state index in [1.54, 1.807) is 16.7 Å². The van der Waals surface area contributed by atoms with Crippen LogP contribution in [0.4, 0.5) is 0 Å². The zero-order valence-corrected chi connectivity index (χ0v) is 19.8. The van der Waals surface area contributed by atoms with Crippen molar-refractivity contribution in [2.45, 2.75) is 69.5 Å². The van der Waals surface area contributed by atoms with E-state index in [1.165, 1.54) is 5.56 Å². The van der Waals surface area contributed by atoms with Gasteiger partial charge in [0.05, 0.1) is 0 Å². The van der Waals surface area contributed by atoms with Gasteiger partial charge < -0.3 is 10.2 Å². The summed E-state index contributed by atoms with van der Waals surface area (Å²) in [7, 11) is 0. The molecule has 0 bridgehead atoms. The van der Waals surface area contributed by atoms with Crippen LogP contribution < -0.4 is 5.32 Å². The molecule has 3 rings (SSSR count). The third-order valence-corrected chi connectivity index (χ3v) is 7.01. The van der Waals surface area contributed by atoms with Crippen molar-refractivity contribution in [2.24, 2.45) is 0 Å². The lowest BCUT2D eigenvalue weighted by molar-refractivity contribution is -0.140. The van der Waals surface area contributed by atoms with Crippen LogP contribution in [0, 0.1) is 6.92 Å². The summed E-state index contributed by atoms with van der Waals surface area (Å²) >= 11 is 7.56. The first-order valence-electron chi connectivity index (χ1n) is 11.0. The number of carbonyl (C=O) groups excluding carboxylic acids is 2. The minimum absolute atomic E-state index is 0.00360. The van der Waals surface area contributed by atoms with E-state index in [0.29, 0.717) is 23.7 Å². The molecule has 1 unspecified atom stereocenters. The molecule has 166 valence electrons. The highest BCUT2D eigenvalue weighted by molar-refractivity contribution is 7.99. The normalized spacial score (nSPS) is 14.9. The van der Waals surface area contributed by atoms with Gasteiger partial charge in [-0.3, -0.25) is 9.59 Å². The number of amides is 2. The van der Waals surface area contributed by atoms with Crippen LogP contribution in [0.5, 0.6) is 0 Å². The Labute approximate surface area is 194 Å². The number of nitrogens with zero attached hydrogens (tertiary/aromatic N) is 1. The van der Waals surface area contributed by atoms with Crippen LogP contribution in [0.15, 0.2) is 53.4 Å². The lowest BCUT2D eigenvalue weighted by Crippen LogP contribution is -2.49. The smallest absolute Gasteiger partial charge is 0.242 e.